The highest BCUT2D eigenvalue weighted by Gasteiger charge is 2.25. The number of aromatic nitrogens is 2. The largest absolute Gasteiger partial charge is 0.383 e. The van der Waals surface area contributed by atoms with Crippen LogP contribution >= 0.6 is 0 Å². The van der Waals surface area contributed by atoms with Crippen LogP contribution in [-0.4, -0.2) is 34.4 Å². The van der Waals surface area contributed by atoms with Gasteiger partial charge in [0.15, 0.2) is 0 Å². The molecule has 2 atom stereocenters. The number of rotatable bonds is 3. The summed E-state index contributed by atoms with van der Waals surface area (Å²) in [7, 11) is 1.70. The molecular weight excluding hydrogens is 220 g/mol. The Balaban J connectivity index is 1.99. The number of aryl methyl sites for hydroxylation is 1. The zero-order valence-corrected chi connectivity index (χ0v) is 10.1. The van der Waals surface area contributed by atoms with Crippen LogP contribution in [0.1, 0.15) is 30.1 Å². The van der Waals surface area contributed by atoms with Crippen LogP contribution in [0.3, 0.4) is 0 Å². The monoisotopic (exact) mass is 238 g/mol. The van der Waals surface area contributed by atoms with Gasteiger partial charge in [-0.2, -0.15) is 5.10 Å². The number of nitrogen functional groups attached to an aromatic ring is 1. The Bertz CT molecular complexity index is 410. The Morgan fingerprint density at radius 2 is 2.53 bits per heavy atom. The number of nitrogens with zero attached hydrogens (tertiary/aromatic N) is 2. The number of hydrogen-bond donors (Lipinski definition) is 2. The molecule has 17 heavy (non-hydrogen) atoms. The first kappa shape index (κ1) is 11.9. The Morgan fingerprint density at radius 1 is 1.76 bits per heavy atom. The predicted octanol–water partition coefficient (Wildman–Crippen LogP) is 0.300. The van der Waals surface area contributed by atoms with E-state index in [1.807, 2.05) is 6.92 Å². The fourth-order valence-electron chi connectivity index (χ4n) is 2.00. The SMILES string of the molecule is CC(NC(=O)c1cnn(C)c1N)C1CCCO1. The third-order valence-electron chi connectivity index (χ3n) is 3.11. The molecule has 1 aromatic rings. The molecule has 1 amide bonds. The molecule has 0 saturated carbocycles. The molecule has 0 radical (unpaired) electrons. The van der Waals surface area contributed by atoms with Crippen LogP contribution in [0.15, 0.2) is 6.20 Å². The Hall–Kier alpha value is -1.56. The molecule has 1 fully saturated rings. The van der Waals surface area contributed by atoms with Gasteiger partial charge in [-0.25, -0.2) is 0 Å². The molecule has 2 heterocycles. The number of anilines is 1. The van der Waals surface area contributed by atoms with Crippen molar-refractivity contribution in [2.75, 3.05) is 12.3 Å². The van der Waals surface area contributed by atoms with Gasteiger partial charge in [-0.1, -0.05) is 0 Å². The highest BCUT2D eigenvalue weighted by Crippen LogP contribution is 2.16. The van der Waals surface area contributed by atoms with Crippen LogP contribution in [-0.2, 0) is 11.8 Å². The van der Waals surface area contributed by atoms with Crippen molar-refractivity contribution in [2.24, 2.45) is 7.05 Å². The normalized spacial score (nSPS) is 21.4. The quantitative estimate of drug-likeness (QED) is 0.793. The molecular formula is C11H18N4O2. The second-order valence-electron chi connectivity index (χ2n) is 4.38. The molecule has 2 rings (SSSR count). The molecule has 1 saturated heterocycles. The van der Waals surface area contributed by atoms with Crippen molar-refractivity contribution in [1.82, 2.24) is 15.1 Å². The maximum atomic E-state index is 11.9. The van der Waals surface area contributed by atoms with Crippen LogP contribution in [0.5, 0.6) is 0 Å². The van der Waals surface area contributed by atoms with E-state index in [-0.39, 0.29) is 18.1 Å². The van der Waals surface area contributed by atoms with E-state index >= 15 is 0 Å². The first-order valence-corrected chi connectivity index (χ1v) is 5.79. The first-order valence-electron chi connectivity index (χ1n) is 5.79. The average molecular weight is 238 g/mol. The molecule has 94 valence electrons. The second kappa shape index (κ2) is 4.75. The smallest absolute Gasteiger partial charge is 0.256 e. The Kier molecular flexibility index (Phi) is 3.33. The van der Waals surface area contributed by atoms with Crippen LogP contribution in [0, 0.1) is 0 Å². The van der Waals surface area contributed by atoms with Crippen molar-refractivity contribution >= 4 is 11.7 Å². The number of carbonyl (C=O) groups excluding carboxylic acids is 1. The summed E-state index contributed by atoms with van der Waals surface area (Å²) in [5.41, 5.74) is 6.16. The van der Waals surface area contributed by atoms with Crippen LogP contribution in [0.4, 0.5) is 5.82 Å². The molecule has 1 aliphatic heterocycles. The zero-order chi connectivity index (χ0) is 12.4. The Labute approximate surface area is 100 Å². The highest BCUT2D eigenvalue weighted by atomic mass is 16.5. The van der Waals surface area contributed by atoms with Gasteiger partial charge in [-0.3, -0.25) is 9.48 Å². The van der Waals surface area contributed by atoms with Gasteiger partial charge in [-0.05, 0) is 19.8 Å². The van der Waals surface area contributed by atoms with Crippen LogP contribution in [0.25, 0.3) is 0 Å². The van der Waals surface area contributed by atoms with Gasteiger partial charge in [0.1, 0.15) is 11.4 Å². The maximum Gasteiger partial charge on any atom is 0.256 e. The minimum Gasteiger partial charge on any atom is -0.383 e. The Morgan fingerprint density at radius 3 is 3.06 bits per heavy atom. The lowest BCUT2D eigenvalue weighted by atomic mass is 10.1. The van der Waals surface area contributed by atoms with E-state index in [0.29, 0.717) is 11.4 Å². The minimum atomic E-state index is -0.196. The summed E-state index contributed by atoms with van der Waals surface area (Å²) in [6, 6.07) is -0.00962. The average Bonchev–Trinajstić information content (AvgIpc) is 2.90. The van der Waals surface area contributed by atoms with Crippen molar-refractivity contribution in [3.8, 4) is 0 Å². The minimum absolute atomic E-state index is 0.00962. The van der Waals surface area contributed by atoms with E-state index in [2.05, 4.69) is 10.4 Å². The number of ether oxygens (including phenoxy) is 1. The number of amides is 1. The van der Waals surface area contributed by atoms with Crippen LogP contribution < -0.4 is 11.1 Å². The van der Waals surface area contributed by atoms with Gasteiger partial charge in [-0.15, -0.1) is 0 Å². The van der Waals surface area contributed by atoms with Gasteiger partial charge in [0.05, 0.1) is 18.3 Å². The summed E-state index contributed by atoms with van der Waals surface area (Å²) >= 11 is 0. The fraction of sp³-hybridized carbons (Fsp3) is 0.636. The number of nitrogens with one attached hydrogen (secondary N) is 1. The van der Waals surface area contributed by atoms with E-state index in [1.165, 1.54) is 10.9 Å². The standard InChI is InChI=1S/C11H18N4O2/c1-7(9-4-3-5-17-9)14-11(16)8-6-13-15(2)10(8)12/h6-7,9H,3-5,12H2,1-2H3,(H,14,16). The summed E-state index contributed by atoms with van der Waals surface area (Å²) < 4.78 is 7.00. The molecule has 0 spiro atoms. The molecule has 1 aliphatic rings. The lowest BCUT2D eigenvalue weighted by Crippen LogP contribution is -2.40. The van der Waals surface area contributed by atoms with E-state index in [9.17, 15) is 4.79 Å². The lowest BCUT2D eigenvalue weighted by Gasteiger charge is -2.19. The highest BCUT2D eigenvalue weighted by molar-refractivity contribution is 5.98. The maximum absolute atomic E-state index is 11.9. The van der Waals surface area contributed by atoms with Gasteiger partial charge in [0.2, 0.25) is 0 Å². The molecule has 0 bridgehead atoms. The van der Waals surface area contributed by atoms with Gasteiger partial charge in [0.25, 0.3) is 5.91 Å². The van der Waals surface area contributed by atoms with Gasteiger partial charge in [0, 0.05) is 13.7 Å². The molecule has 6 nitrogen and oxygen atoms in total. The van der Waals surface area contributed by atoms with Crippen molar-refractivity contribution in [3.63, 3.8) is 0 Å². The number of hydrogen-bond acceptors (Lipinski definition) is 4. The summed E-state index contributed by atoms with van der Waals surface area (Å²) in [5, 5.41) is 6.84. The van der Waals surface area contributed by atoms with Gasteiger partial charge < -0.3 is 15.8 Å². The number of carbonyl (C=O) groups is 1. The van der Waals surface area contributed by atoms with E-state index in [1.54, 1.807) is 7.05 Å². The van der Waals surface area contributed by atoms with E-state index < -0.39 is 0 Å². The molecule has 0 aliphatic carbocycles. The van der Waals surface area contributed by atoms with E-state index in [0.717, 1.165) is 19.4 Å². The predicted molar refractivity (Wildman–Crippen MR) is 63.5 cm³/mol. The van der Waals surface area contributed by atoms with Crippen molar-refractivity contribution in [2.45, 2.75) is 31.9 Å². The third kappa shape index (κ3) is 2.41. The van der Waals surface area contributed by atoms with Crippen LogP contribution in [0.2, 0.25) is 0 Å². The molecule has 1 aromatic heterocycles. The summed E-state index contributed by atoms with van der Waals surface area (Å²) in [6.07, 6.45) is 3.63. The topological polar surface area (TPSA) is 82.2 Å². The molecule has 2 unspecified atom stereocenters. The van der Waals surface area contributed by atoms with Crippen molar-refractivity contribution < 1.29 is 9.53 Å². The summed E-state index contributed by atoms with van der Waals surface area (Å²) in [5.74, 6) is 0.181. The second-order valence-corrected chi connectivity index (χ2v) is 4.38. The number of nitrogens with two attached hydrogens (primary N) is 1. The fourth-order valence-corrected chi connectivity index (χ4v) is 2.00. The van der Waals surface area contributed by atoms with Crippen molar-refractivity contribution in [1.29, 1.82) is 0 Å². The lowest BCUT2D eigenvalue weighted by molar-refractivity contribution is 0.0713. The molecule has 0 aromatic carbocycles. The first-order chi connectivity index (χ1) is 8.09. The van der Waals surface area contributed by atoms with E-state index in [4.69, 9.17) is 10.5 Å². The van der Waals surface area contributed by atoms with Gasteiger partial charge >= 0.3 is 0 Å². The summed E-state index contributed by atoms with van der Waals surface area (Å²) in [4.78, 5) is 11.9. The molecule has 6 heteroatoms. The zero-order valence-electron chi connectivity index (χ0n) is 10.1. The molecule has 3 N–H and O–H groups in total. The van der Waals surface area contributed by atoms with Crippen molar-refractivity contribution in [3.05, 3.63) is 11.8 Å². The summed E-state index contributed by atoms with van der Waals surface area (Å²) in [6.45, 7) is 2.72. The third-order valence-corrected chi connectivity index (χ3v) is 3.11.